The van der Waals surface area contributed by atoms with Crippen LogP contribution in [0.3, 0.4) is 0 Å². The lowest BCUT2D eigenvalue weighted by Gasteiger charge is -1.88. The van der Waals surface area contributed by atoms with E-state index in [0.29, 0.717) is 0 Å². The normalized spacial score (nSPS) is 12.6. The first-order valence-electron chi connectivity index (χ1n) is 11.4. The van der Waals surface area contributed by atoms with Gasteiger partial charge in [0.25, 0.3) is 0 Å². The lowest BCUT2D eigenvalue weighted by Crippen LogP contribution is -1.68. The zero-order valence-electron chi connectivity index (χ0n) is 19.1. The molecule has 0 spiro atoms. The van der Waals surface area contributed by atoms with E-state index in [2.05, 4.69) is 125 Å². The SMILES string of the molecule is C(=C\c1ccc(/C=C/c2cccs2)s1)/c1cc2sc(/C=C/c3ccc(/C=C/c4cccs4)s3)cc2[nH]1. The average Bonchev–Trinajstić information content (AvgIpc) is 3.71. The Hall–Kier alpha value is -3.00. The van der Waals surface area contributed by atoms with Crippen molar-refractivity contribution in [3.63, 3.8) is 0 Å². The first-order valence-corrected chi connectivity index (χ1v) is 15.6. The van der Waals surface area contributed by atoms with Crippen LogP contribution in [0.25, 0.3) is 58.8 Å². The van der Waals surface area contributed by atoms with E-state index >= 15 is 0 Å². The van der Waals surface area contributed by atoms with Crippen molar-refractivity contribution in [2.75, 3.05) is 0 Å². The van der Waals surface area contributed by atoms with Crippen LogP contribution in [0.15, 0.2) is 71.4 Å². The first-order chi connectivity index (χ1) is 17.8. The summed E-state index contributed by atoms with van der Waals surface area (Å²) in [5.41, 5.74) is 2.33. The highest BCUT2D eigenvalue weighted by Gasteiger charge is 2.04. The fourth-order valence-electron chi connectivity index (χ4n) is 3.67. The molecule has 1 nitrogen and oxygen atoms in total. The van der Waals surface area contributed by atoms with Crippen LogP contribution in [-0.2, 0) is 0 Å². The molecule has 0 aromatic carbocycles. The number of fused-ring (bicyclic) bond motifs is 1. The number of H-pyrrole nitrogens is 1. The zero-order chi connectivity index (χ0) is 24.2. The summed E-state index contributed by atoms with van der Waals surface area (Å²) in [5, 5.41) is 4.21. The Morgan fingerprint density at radius 3 is 1.47 bits per heavy atom. The molecule has 0 aliphatic carbocycles. The molecule has 0 bridgehead atoms. The molecule has 0 unspecified atom stereocenters. The fourth-order valence-corrected chi connectivity index (χ4v) is 7.51. The van der Waals surface area contributed by atoms with Crippen molar-refractivity contribution in [1.29, 1.82) is 0 Å². The molecule has 0 saturated carbocycles. The highest BCUT2D eigenvalue weighted by Crippen LogP contribution is 2.30. The minimum absolute atomic E-state index is 1.14. The predicted molar refractivity (Wildman–Crippen MR) is 169 cm³/mol. The highest BCUT2D eigenvalue weighted by molar-refractivity contribution is 7.20. The van der Waals surface area contributed by atoms with Gasteiger partial charge in [-0.15, -0.1) is 56.7 Å². The highest BCUT2D eigenvalue weighted by atomic mass is 32.1. The van der Waals surface area contributed by atoms with E-state index in [4.69, 9.17) is 0 Å². The van der Waals surface area contributed by atoms with E-state index in [1.807, 2.05) is 22.7 Å². The minimum atomic E-state index is 1.14. The summed E-state index contributed by atoms with van der Waals surface area (Å²) in [7, 11) is 0. The largest absolute Gasteiger partial charge is 0.354 e. The van der Waals surface area contributed by atoms with Gasteiger partial charge in [-0.25, -0.2) is 0 Å². The van der Waals surface area contributed by atoms with Crippen molar-refractivity contribution >= 4 is 116 Å². The molecule has 0 aliphatic rings. The quantitative estimate of drug-likeness (QED) is 0.192. The summed E-state index contributed by atoms with van der Waals surface area (Å²) in [5.74, 6) is 0. The number of rotatable bonds is 8. The molecule has 36 heavy (non-hydrogen) atoms. The van der Waals surface area contributed by atoms with Crippen LogP contribution in [0.2, 0.25) is 0 Å². The van der Waals surface area contributed by atoms with Crippen molar-refractivity contribution in [2.24, 2.45) is 0 Å². The summed E-state index contributed by atoms with van der Waals surface area (Å²) in [6.45, 7) is 0. The molecule has 0 radical (unpaired) electrons. The molecule has 6 aromatic heterocycles. The van der Waals surface area contributed by atoms with Gasteiger partial charge >= 0.3 is 0 Å². The van der Waals surface area contributed by atoms with Crippen molar-refractivity contribution in [2.45, 2.75) is 0 Å². The Bertz CT molecular complexity index is 1520. The number of hydrogen-bond acceptors (Lipinski definition) is 5. The van der Waals surface area contributed by atoms with E-state index in [-0.39, 0.29) is 0 Å². The number of hydrogen-bond donors (Lipinski definition) is 1. The molecule has 0 aliphatic heterocycles. The molecular weight excluding hydrogens is 535 g/mol. The number of nitrogens with one attached hydrogen (secondary N) is 1. The molecule has 0 atom stereocenters. The summed E-state index contributed by atoms with van der Waals surface area (Å²) >= 11 is 8.95. The Morgan fingerprint density at radius 1 is 0.472 bits per heavy atom. The van der Waals surface area contributed by atoms with Crippen molar-refractivity contribution < 1.29 is 0 Å². The number of thiophene rings is 5. The van der Waals surface area contributed by atoms with Gasteiger partial charge in [0.15, 0.2) is 0 Å². The Kier molecular flexibility index (Phi) is 7.12. The molecule has 1 N–H and O–H groups in total. The van der Waals surface area contributed by atoms with E-state index in [1.54, 1.807) is 34.0 Å². The monoisotopic (exact) mass is 555 g/mol. The van der Waals surface area contributed by atoms with Crippen LogP contribution < -0.4 is 0 Å². The molecule has 0 amide bonds. The molecule has 6 rings (SSSR count). The van der Waals surface area contributed by atoms with Crippen molar-refractivity contribution in [3.8, 4) is 0 Å². The smallest absolute Gasteiger partial charge is 0.0574 e. The van der Waals surface area contributed by atoms with Crippen LogP contribution in [0.4, 0.5) is 0 Å². The maximum Gasteiger partial charge on any atom is 0.0574 e. The maximum absolute atomic E-state index is 3.55. The van der Waals surface area contributed by atoms with Gasteiger partial charge in [-0.05, 0) is 108 Å². The van der Waals surface area contributed by atoms with E-state index in [0.717, 1.165) is 5.69 Å². The van der Waals surface area contributed by atoms with E-state index in [1.165, 1.54) is 44.4 Å². The second-order valence-electron chi connectivity index (χ2n) is 8.00. The fraction of sp³-hybridized carbons (Fsp3) is 0. The second kappa shape index (κ2) is 10.9. The van der Waals surface area contributed by atoms with Gasteiger partial charge < -0.3 is 4.98 Å². The molecule has 0 fully saturated rings. The van der Waals surface area contributed by atoms with Crippen LogP contribution in [0, 0.1) is 0 Å². The molecule has 6 heteroatoms. The molecular formula is C30H21NS5. The predicted octanol–water partition coefficient (Wildman–Crippen LogP) is 11.2. The zero-order valence-corrected chi connectivity index (χ0v) is 23.2. The van der Waals surface area contributed by atoms with Gasteiger partial charge in [-0.3, -0.25) is 0 Å². The van der Waals surface area contributed by atoms with Gasteiger partial charge in [-0.1, -0.05) is 12.1 Å². The van der Waals surface area contributed by atoms with E-state index < -0.39 is 0 Å². The molecule has 176 valence electrons. The number of aromatic amines is 1. The first kappa shape index (κ1) is 23.4. The van der Waals surface area contributed by atoms with E-state index in [9.17, 15) is 0 Å². The standard InChI is InChI=1S/C30H21NS5/c1-3-22(32-17-1)7-9-25-12-11-24(34-25)6-5-21-19-30-29(31-21)20-28(36-30)16-15-27-14-13-26(35-27)10-8-23-4-2-18-33-23/h1-20,31H/b6-5+,9-7+,10-8+,16-15+. The van der Waals surface area contributed by atoms with Crippen LogP contribution in [0.5, 0.6) is 0 Å². The van der Waals surface area contributed by atoms with Gasteiger partial charge in [0, 0.05) is 39.8 Å². The van der Waals surface area contributed by atoms with Gasteiger partial charge in [0.05, 0.1) is 10.2 Å². The van der Waals surface area contributed by atoms with Gasteiger partial charge in [-0.2, -0.15) is 0 Å². The average molecular weight is 556 g/mol. The van der Waals surface area contributed by atoms with Crippen LogP contribution in [-0.4, -0.2) is 4.98 Å². The third-order valence-electron chi connectivity index (χ3n) is 5.39. The summed E-state index contributed by atoms with van der Waals surface area (Å²) in [6.07, 6.45) is 17.5. The summed E-state index contributed by atoms with van der Waals surface area (Å²) < 4.78 is 1.28. The maximum atomic E-state index is 3.55. The second-order valence-corrected chi connectivity index (χ2v) is 13.4. The Labute approximate surface area is 230 Å². The summed E-state index contributed by atoms with van der Waals surface area (Å²) in [6, 6.07) is 21.6. The number of aromatic nitrogens is 1. The van der Waals surface area contributed by atoms with Gasteiger partial charge in [0.1, 0.15) is 0 Å². The Balaban J connectivity index is 1.08. The third kappa shape index (κ3) is 5.86. The molecule has 0 saturated heterocycles. The molecule has 6 heterocycles. The third-order valence-corrected chi connectivity index (χ3v) is 10.1. The van der Waals surface area contributed by atoms with Crippen molar-refractivity contribution in [3.05, 3.63) is 111 Å². The van der Waals surface area contributed by atoms with Crippen LogP contribution in [0.1, 0.15) is 39.8 Å². The minimum Gasteiger partial charge on any atom is -0.354 e. The van der Waals surface area contributed by atoms with Crippen LogP contribution >= 0.6 is 56.7 Å². The molecule has 6 aromatic rings. The topological polar surface area (TPSA) is 15.8 Å². The lowest BCUT2D eigenvalue weighted by molar-refractivity contribution is 1.44. The van der Waals surface area contributed by atoms with Gasteiger partial charge in [0.2, 0.25) is 0 Å². The lowest BCUT2D eigenvalue weighted by atomic mass is 10.3. The van der Waals surface area contributed by atoms with Crippen molar-refractivity contribution in [1.82, 2.24) is 4.98 Å². The summed E-state index contributed by atoms with van der Waals surface area (Å²) in [4.78, 5) is 12.4. The Morgan fingerprint density at radius 2 is 0.972 bits per heavy atom.